The summed E-state index contributed by atoms with van der Waals surface area (Å²) < 4.78 is 1.07. The van der Waals surface area contributed by atoms with Gasteiger partial charge >= 0.3 is 0 Å². The largest absolute Gasteiger partial charge is 0.256 e. The van der Waals surface area contributed by atoms with Crippen LogP contribution in [-0.4, -0.2) is 12.5 Å². The lowest BCUT2D eigenvalue weighted by Crippen LogP contribution is -1.79. The van der Waals surface area contributed by atoms with E-state index < -0.39 is 0 Å². The Morgan fingerprint density at radius 2 is 1.65 bits per heavy atom. The molecule has 0 aliphatic carbocycles. The van der Waals surface area contributed by atoms with Crippen molar-refractivity contribution in [2.45, 2.75) is 4.90 Å². The summed E-state index contributed by atoms with van der Waals surface area (Å²) in [6.07, 6.45) is 3.96. The second kappa shape index (κ2) is 6.03. The van der Waals surface area contributed by atoms with E-state index in [1.165, 1.54) is 4.90 Å². The van der Waals surface area contributed by atoms with E-state index in [2.05, 4.69) is 51.4 Å². The zero-order chi connectivity index (χ0) is 12.1. The average molecular weight is 306 g/mol. The minimum absolute atomic E-state index is 0.960. The second-order valence-electron chi connectivity index (χ2n) is 3.51. The topological polar surface area (TPSA) is 12.4 Å². The molecule has 2 aromatic carbocycles. The van der Waals surface area contributed by atoms with Crippen molar-refractivity contribution in [3.05, 3.63) is 58.6 Å². The number of aliphatic imine (C=N–C) groups is 1. The van der Waals surface area contributed by atoms with Gasteiger partial charge in [0.15, 0.2) is 0 Å². The normalized spacial score (nSPS) is 10.9. The molecule has 0 unspecified atom stereocenters. The molecule has 86 valence electrons. The molecule has 0 radical (unpaired) electrons. The van der Waals surface area contributed by atoms with E-state index >= 15 is 0 Å². The molecule has 0 heterocycles. The summed E-state index contributed by atoms with van der Waals surface area (Å²) >= 11 is 5.15. The number of halogens is 1. The van der Waals surface area contributed by atoms with Gasteiger partial charge in [0.2, 0.25) is 0 Å². The molecule has 0 bridgehead atoms. The van der Waals surface area contributed by atoms with Crippen molar-refractivity contribution >= 4 is 39.6 Å². The van der Waals surface area contributed by atoms with Gasteiger partial charge in [0.25, 0.3) is 0 Å². The van der Waals surface area contributed by atoms with Gasteiger partial charge in [-0.2, -0.15) is 0 Å². The molecule has 0 spiro atoms. The van der Waals surface area contributed by atoms with E-state index in [9.17, 15) is 0 Å². The summed E-state index contributed by atoms with van der Waals surface area (Å²) in [5.74, 6) is 0. The fourth-order valence-electron chi connectivity index (χ4n) is 1.37. The van der Waals surface area contributed by atoms with Gasteiger partial charge in [-0.25, -0.2) is 0 Å². The fourth-order valence-corrected chi connectivity index (χ4v) is 2.04. The Hall–Kier alpha value is -1.06. The van der Waals surface area contributed by atoms with E-state index in [4.69, 9.17) is 0 Å². The molecule has 1 nitrogen and oxygen atoms in total. The minimum atomic E-state index is 0.960. The third-order valence-corrected chi connectivity index (χ3v) is 3.58. The van der Waals surface area contributed by atoms with Gasteiger partial charge in [-0.3, -0.25) is 4.99 Å². The van der Waals surface area contributed by atoms with Crippen molar-refractivity contribution in [1.29, 1.82) is 0 Å². The van der Waals surface area contributed by atoms with Gasteiger partial charge in [-0.05, 0) is 48.2 Å². The minimum Gasteiger partial charge on any atom is -0.256 e. The van der Waals surface area contributed by atoms with Crippen LogP contribution in [0.1, 0.15) is 5.56 Å². The lowest BCUT2D eigenvalue weighted by atomic mass is 10.2. The summed E-state index contributed by atoms with van der Waals surface area (Å²) in [4.78, 5) is 5.69. The van der Waals surface area contributed by atoms with Gasteiger partial charge in [0, 0.05) is 15.6 Å². The zero-order valence-corrected chi connectivity index (χ0v) is 11.8. The first-order valence-electron chi connectivity index (χ1n) is 5.21. The predicted octanol–water partition coefficient (Wildman–Crippen LogP) is 4.92. The van der Waals surface area contributed by atoms with Gasteiger partial charge in [-0.15, -0.1) is 11.8 Å². The molecular formula is C14H12BrNS. The lowest BCUT2D eigenvalue weighted by Gasteiger charge is -1.97. The van der Waals surface area contributed by atoms with E-state index in [-0.39, 0.29) is 0 Å². The SMILES string of the molecule is CSc1ccc(C=Nc2ccc(Br)cc2)cc1. The van der Waals surface area contributed by atoms with E-state index in [0.29, 0.717) is 0 Å². The quantitative estimate of drug-likeness (QED) is 0.579. The van der Waals surface area contributed by atoms with Crippen molar-refractivity contribution < 1.29 is 0 Å². The van der Waals surface area contributed by atoms with Crippen molar-refractivity contribution in [3.8, 4) is 0 Å². The fraction of sp³-hybridized carbons (Fsp3) is 0.0714. The summed E-state index contributed by atoms with van der Waals surface area (Å²) in [5.41, 5.74) is 2.08. The highest BCUT2D eigenvalue weighted by molar-refractivity contribution is 9.10. The molecule has 0 fully saturated rings. The van der Waals surface area contributed by atoms with E-state index in [0.717, 1.165) is 15.7 Å². The van der Waals surface area contributed by atoms with Gasteiger partial charge in [-0.1, -0.05) is 28.1 Å². The van der Waals surface area contributed by atoms with Crippen LogP contribution in [0.4, 0.5) is 5.69 Å². The molecule has 0 saturated carbocycles. The smallest absolute Gasteiger partial charge is 0.0630 e. The Bertz CT molecular complexity index is 503. The van der Waals surface area contributed by atoms with E-state index in [1.807, 2.05) is 30.5 Å². The number of rotatable bonds is 3. The van der Waals surface area contributed by atoms with Crippen LogP contribution in [0.5, 0.6) is 0 Å². The van der Waals surface area contributed by atoms with Crippen LogP contribution >= 0.6 is 27.7 Å². The summed E-state index contributed by atoms with van der Waals surface area (Å²) in [6.45, 7) is 0. The Kier molecular flexibility index (Phi) is 4.40. The van der Waals surface area contributed by atoms with Crippen molar-refractivity contribution in [3.63, 3.8) is 0 Å². The Morgan fingerprint density at radius 3 is 2.24 bits per heavy atom. The first-order valence-corrected chi connectivity index (χ1v) is 7.23. The lowest BCUT2D eigenvalue weighted by molar-refractivity contribution is 1.45. The maximum atomic E-state index is 4.42. The molecule has 0 amide bonds. The molecule has 0 atom stereocenters. The molecule has 0 aromatic heterocycles. The number of thioether (sulfide) groups is 1. The Morgan fingerprint density at radius 1 is 1.00 bits per heavy atom. The van der Waals surface area contributed by atoms with Crippen LogP contribution in [0.2, 0.25) is 0 Å². The second-order valence-corrected chi connectivity index (χ2v) is 5.30. The molecular weight excluding hydrogens is 294 g/mol. The summed E-state index contributed by atoms with van der Waals surface area (Å²) in [7, 11) is 0. The van der Waals surface area contributed by atoms with Crippen molar-refractivity contribution in [1.82, 2.24) is 0 Å². The van der Waals surface area contributed by atoms with Crippen molar-refractivity contribution in [2.75, 3.05) is 6.26 Å². The van der Waals surface area contributed by atoms with Crippen molar-refractivity contribution in [2.24, 2.45) is 4.99 Å². The van der Waals surface area contributed by atoms with Gasteiger partial charge in [0.1, 0.15) is 0 Å². The maximum absolute atomic E-state index is 4.42. The van der Waals surface area contributed by atoms with Crippen LogP contribution in [0, 0.1) is 0 Å². The van der Waals surface area contributed by atoms with Crippen LogP contribution in [0.15, 0.2) is 62.9 Å². The number of nitrogens with zero attached hydrogens (tertiary/aromatic N) is 1. The Balaban J connectivity index is 2.11. The molecule has 17 heavy (non-hydrogen) atoms. The zero-order valence-electron chi connectivity index (χ0n) is 9.43. The third-order valence-electron chi connectivity index (χ3n) is 2.31. The third kappa shape index (κ3) is 3.72. The van der Waals surface area contributed by atoms with E-state index in [1.54, 1.807) is 11.8 Å². The molecule has 3 heteroatoms. The highest BCUT2D eigenvalue weighted by Crippen LogP contribution is 2.17. The summed E-state index contributed by atoms with van der Waals surface area (Å²) in [5, 5.41) is 0. The first kappa shape index (κ1) is 12.4. The monoisotopic (exact) mass is 305 g/mol. The van der Waals surface area contributed by atoms with Crippen LogP contribution in [0.25, 0.3) is 0 Å². The van der Waals surface area contributed by atoms with Crippen LogP contribution < -0.4 is 0 Å². The van der Waals surface area contributed by atoms with Crippen LogP contribution in [0.3, 0.4) is 0 Å². The first-order chi connectivity index (χ1) is 8.28. The Labute approximate surface area is 114 Å². The standard InChI is InChI=1S/C14H12BrNS/c1-17-14-8-2-11(3-9-14)10-16-13-6-4-12(15)5-7-13/h2-10H,1H3. The van der Waals surface area contributed by atoms with Gasteiger partial charge < -0.3 is 0 Å². The number of benzene rings is 2. The molecule has 2 rings (SSSR count). The van der Waals surface area contributed by atoms with Gasteiger partial charge in [0.05, 0.1) is 5.69 Å². The summed E-state index contributed by atoms with van der Waals surface area (Å²) in [6, 6.07) is 16.3. The average Bonchev–Trinajstić information content (AvgIpc) is 2.39. The predicted molar refractivity (Wildman–Crippen MR) is 79.6 cm³/mol. The molecule has 0 aliphatic heterocycles. The highest BCUT2D eigenvalue weighted by Gasteiger charge is 1.91. The maximum Gasteiger partial charge on any atom is 0.0630 e. The molecule has 0 saturated heterocycles. The molecule has 0 N–H and O–H groups in total. The molecule has 0 aliphatic rings. The highest BCUT2D eigenvalue weighted by atomic mass is 79.9. The molecule has 2 aromatic rings. The van der Waals surface area contributed by atoms with Crippen LogP contribution in [-0.2, 0) is 0 Å². The number of hydrogen-bond acceptors (Lipinski definition) is 2. The number of hydrogen-bond donors (Lipinski definition) is 0.